The lowest BCUT2D eigenvalue weighted by molar-refractivity contribution is 0.249. The van der Waals surface area contributed by atoms with Gasteiger partial charge in [-0.25, -0.2) is 13.1 Å². The number of hydrogen-bond donors (Lipinski definition) is 2. The van der Waals surface area contributed by atoms with Gasteiger partial charge in [0.05, 0.1) is 7.57 Å². The van der Waals surface area contributed by atoms with Crippen molar-refractivity contribution in [1.82, 2.24) is 4.72 Å². The highest BCUT2D eigenvalue weighted by atomic mass is 79.9. The highest BCUT2D eigenvalue weighted by Crippen LogP contribution is 2.48. The summed E-state index contributed by atoms with van der Waals surface area (Å²) in [4.78, 5) is 0.263. The predicted molar refractivity (Wildman–Crippen MR) is 78.3 cm³/mol. The van der Waals surface area contributed by atoms with Crippen LogP contribution in [0.1, 0.15) is 19.3 Å². The molecule has 0 aliphatic heterocycles. The Balaban J connectivity index is 2.06. The molecule has 1 aliphatic carbocycles. The first-order chi connectivity index (χ1) is 8.38. The fraction of sp³-hybridized carbons (Fsp3) is 0.600. The Hall–Kier alpha value is 0.530. The monoisotopic (exact) mass is 417 g/mol. The minimum Gasteiger partial charge on any atom is -0.396 e. The standard InChI is InChI=1S/C10H13Br2NO3S2/c11-8-5-7(9(12)17-8)18(15,16)13-6-10(1-2-10)3-4-14/h5,13-14H,1-4,6H2. The number of aliphatic hydroxyl groups excluding tert-OH is 1. The molecule has 0 amide bonds. The van der Waals surface area contributed by atoms with Crippen molar-refractivity contribution in [2.45, 2.75) is 24.2 Å². The van der Waals surface area contributed by atoms with Crippen molar-refractivity contribution in [2.75, 3.05) is 13.2 Å². The first-order valence-corrected chi connectivity index (χ1v) is 9.32. The molecule has 0 unspecified atom stereocenters. The van der Waals surface area contributed by atoms with E-state index in [0.717, 1.165) is 16.6 Å². The molecule has 8 heteroatoms. The summed E-state index contributed by atoms with van der Waals surface area (Å²) < 4.78 is 28.2. The zero-order chi connectivity index (χ0) is 13.4. The van der Waals surface area contributed by atoms with Crippen molar-refractivity contribution < 1.29 is 13.5 Å². The number of sulfonamides is 1. The third-order valence-corrected chi connectivity index (χ3v) is 7.31. The van der Waals surface area contributed by atoms with Crippen molar-refractivity contribution in [2.24, 2.45) is 5.41 Å². The fourth-order valence-electron chi connectivity index (χ4n) is 1.76. The van der Waals surface area contributed by atoms with Gasteiger partial charge in [-0.3, -0.25) is 0 Å². The summed E-state index contributed by atoms with van der Waals surface area (Å²) in [5.41, 5.74) is -0.0262. The largest absolute Gasteiger partial charge is 0.396 e. The Morgan fingerprint density at radius 3 is 2.56 bits per heavy atom. The second-order valence-electron chi connectivity index (χ2n) is 4.49. The number of nitrogens with one attached hydrogen (secondary N) is 1. The highest BCUT2D eigenvalue weighted by molar-refractivity contribution is 9.12. The van der Waals surface area contributed by atoms with Gasteiger partial charge in [-0.2, -0.15) is 0 Å². The van der Waals surface area contributed by atoms with Crippen molar-refractivity contribution >= 4 is 53.2 Å². The summed E-state index contributed by atoms with van der Waals surface area (Å²) in [5.74, 6) is 0. The Bertz CT molecular complexity index is 537. The second kappa shape index (κ2) is 5.49. The molecule has 2 rings (SSSR count). The molecule has 0 radical (unpaired) electrons. The van der Waals surface area contributed by atoms with Crippen LogP contribution >= 0.6 is 43.2 Å². The van der Waals surface area contributed by atoms with Gasteiger partial charge in [0.1, 0.15) is 4.90 Å². The number of thiophene rings is 1. The van der Waals surface area contributed by atoms with Crippen molar-refractivity contribution in [1.29, 1.82) is 0 Å². The first-order valence-electron chi connectivity index (χ1n) is 5.44. The molecule has 2 N–H and O–H groups in total. The van der Waals surface area contributed by atoms with E-state index in [4.69, 9.17) is 5.11 Å². The van der Waals surface area contributed by atoms with Crippen LogP contribution in [0.2, 0.25) is 0 Å². The molecule has 0 atom stereocenters. The van der Waals surface area contributed by atoms with Crippen molar-refractivity contribution in [3.8, 4) is 0 Å². The van der Waals surface area contributed by atoms with Crippen LogP contribution in [0.3, 0.4) is 0 Å². The third kappa shape index (κ3) is 3.34. The number of halogens is 2. The van der Waals surface area contributed by atoms with E-state index in [1.807, 2.05) is 0 Å². The Morgan fingerprint density at radius 2 is 2.11 bits per heavy atom. The molecule has 102 valence electrons. The van der Waals surface area contributed by atoms with Crippen LogP contribution in [-0.2, 0) is 10.0 Å². The number of aliphatic hydroxyl groups is 1. The van der Waals surface area contributed by atoms with Crippen LogP contribution in [0, 0.1) is 5.41 Å². The van der Waals surface area contributed by atoms with Crippen molar-refractivity contribution in [3.05, 3.63) is 13.6 Å². The molecule has 1 aromatic heterocycles. The summed E-state index contributed by atoms with van der Waals surface area (Å²) in [5, 5.41) is 8.95. The third-order valence-electron chi connectivity index (χ3n) is 3.15. The highest BCUT2D eigenvalue weighted by Gasteiger charge is 2.42. The molecule has 1 aromatic rings. The van der Waals surface area contributed by atoms with E-state index >= 15 is 0 Å². The minimum absolute atomic E-state index is 0.0262. The van der Waals surface area contributed by atoms with Gasteiger partial charge in [-0.05, 0) is 62.6 Å². The average Bonchev–Trinajstić information content (AvgIpc) is 2.96. The van der Waals surface area contributed by atoms with E-state index < -0.39 is 10.0 Å². The lowest BCUT2D eigenvalue weighted by Crippen LogP contribution is -2.30. The fourth-order valence-corrected chi connectivity index (χ4v) is 6.73. The molecule has 4 nitrogen and oxygen atoms in total. The quantitative estimate of drug-likeness (QED) is 0.746. The molecule has 0 bridgehead atoms. The molecule has 1 aliphatic rings. The van der Waals surface area contributed by atoms with Crippen LogP contribution in [0.25, 0.3) is 0 Å². The van der Waals surface area contributed by atoms with E-state index in [-0.39, 0.29) is 16.9 Å². The second-order valence-corrected chi connectivity index (χ2v) is 9.97. The summed E-state index contributed by atoms with van der Waals surface area (Å²) >= 11 is 7.85. The SMILES string of the molecule is O=S(=O)(NCC1(CCO)CC1)c1cc(Br)sc1Br. The molecule has 0 saturated heterocycles. The first kappa shape index (κ1) is 14.9. The molecular weight excluding hydrogens is 406 g/mol. The maximum absolute atomic E-state index is 12.1. The molecule has 18 heavy (non-hydrogen) atoms. The van der Waals surface area contributed by atoms with Gasteiger partial charge >= 0.3 is 0 Å². The Labute approximate surface area is 127 Å². The van der Waals surface area contributed by atoms with Gasteiger partial charge in [0.25, 0.3) is 0 Å². The number of rotatable bonds is 6. The summed E-state index contributed by atoms with van der Waals surface area (Å²) in [6, 6.07) is 1.59. The van der Waals surface area contributed by atoms with Crippen LogP contribution in [-0.4, -0.2) is 26.7 Å². The van der Waals surface area contributed by atoms with E-state index in [1.54, 1.807) is 6.07 Å². The molecule has 1 fully saturated rings. The van der Waals surface area contributed by atoms with Gasteiger partial charge < -0.3 is 5.11 Å². The summed E-state index contributed by atoms with van der Waals surface area (Å²) in [7, 11) is -3.48. The zero-order valence-corrected chi connectivity index (χ0v) is 14.3. The van der Waals surface area contributed by atoms with Crippen LogP contribution in [0.15, 0.2) is 18.5 Å². The van der Waals surface area contributed by atoms with Crippen LogP contribution in [0.5, 0.6) is 0 Å². The molecule has 1 saturated carbocycles. The smallest absolute Gasteiger partial charge is 0.242 e. The average molecular weight is 419 g/mol. The predicted octanol–water partition coefficient (Wildman–Crippen LogP) is 2.71. The maximum atomic E-state index is 12.1. The molecular formula is C10H13Br2NO3S2. The summed E-state index contributed by atoms with van der Waals surface area (Å²) in [6.07, 6.45) is 2.61. The molecule has 0 spiro atoms. The lowest BCUT2D eigenvalue weighted by Gasteiger charge is -2.14. The topological polar surface area (TPSA) is 66.4 Å². The number of hydrogen-bond acceptors (Lipinski definition) is 4. The van der Waals surface area contributed by atoms with E-state index in [1.165, 1.54) is 11.3 Å². The van der Waals surface area contributed by atoms with Gasteiger partial charge in [0.2, 0.25) is 10.0 Å². The molecule has 1 heterocycles. The van der Waals surface area contributed by atoms with E-state index in [2.05, 4.69) is 36.6 Å². The Morgan fingerprint density at radius 1 is 1.44 bits per heavy atom. The van der Waals surface area contributed by atoms with Gasteiger partial charge in [0.15, 0.2) is 0 Å². The van der Waals surface area contributed by atoms with E-state index in [0.29, 0.717) is 16.8 Å². The van der Waals surface area contributed by atoms with E-state index in [9.17, 15) is 8.42 Å². The van der Waals surface area contributed by atoms with Crippen LogP contribution < -0.4 is 4.72 Å². The maximum Gasteiger partial charge on any atom is 0.242 e. The van der Waals surface area contributed by atoms with Gasteiger partial charge in [0, 0.05) is 13.2 Å². The van der Waals surface area contributed by atoms with Gasteiger partial charge in [-0.1, -0.05) is 0 Å². The summed E-state index contributed by atoms with van der Waals surface area (Å²) in [6.45, 7) is 0.505. The Kier molecular flexibility index (Phi) is 4.56. The zero-order valence-electron chi connectivity index (χ0n) is 9.45. The van der Waals surface area contributed by atoms with Crippen LogP contribution in [0.4, 0.5) is 0 Å². The van der Waals surface area contributed by atoms with Crippen molar-refractivity contribution in [3.63, 3.8) is 0 Å². The minimum atomic E-state index is -3.48. The lowest BCUT2D eigenvalue weighted by atomic mass is 10.0. The van der Waals surface area contributed by atoms with Gasteiger partial charge in [-0.15, -0.1) is 11.3 Å². The molecule has 0 aromatic carbocycles. The normalized spacial score (nSPS) is 17.9.